The van der Waals surface area contributed by atoms with Gasteiger partial charge in [-0.15, -0.1) is 0 Å². The maximum Gasteiger partial charge on any atom is 0.201 e. The fourth-order valence-corrected chi connectivity index (χ4v) is 2.89. The number of anilines is 1. The summed E-state index contributed by atoms with van der Waals surface area (Å²) >= 11 is 5.02. The number of rotatable bonds is 6. The highest BCUT2D eigenvalue weighted by atomic mass is 79.9. The van der Waals surface area contributed by atoms with Crippen LogP contribution >= 0.6 is 27.7 Å². The maximum atomic E-state index is 13.6. The number of nitrogen functional groups attached to an aromatic ring is 1. The summed E-state index contributed by atoms with van der Waals surface area (Å²) in [5, 5.41) is 0. The Balaban J connectivity index is 2.13. The molecule has 2 N–H and O–H groups in total. The van der Waals surface area contributed by atoms with Gasteiger partial charge in [-0.05, 0) is 46.8 Å². The first-order chi connectivity index (χ1) is 9.13. The number of fused-ring (bicyclic) bond motifs is 1. The number of aryl methyl sites for hydroxylation is 1. The molecule has 1 aromatic heterocycles. The zero-order valence-corrected chi connectivity index (χ0v) is 13.2. The summed E-state index contributed by atoms with van der Waals surface area (Å²) < 4.78 is 15.9. The molecule has 6 heteroatoms. The first kappa shape index (κ1) is 14.7. The van der Waals surface area contributed by atoms with Crippen LogP contribution in [0.25, 0.3) is 11.0 Å². The van der Waals surface area contributed by atoms with E-state index in [1.54, 1.807) is 6.07 Å². The van der Waals surface area contributed by atoms with Gasteiger partial charge in [-0.3, -0.25) is 0 Å². The minimum absolute atomic E-state index is 0.281. The largest absolute Gasteiger partial charge is 0.369 e. The lowest BCUT2D eigenvalue weighted by molar-refractivity contribution is 0.611. The van der Waals surface area contributed by atoms with Crippen molar-refractivity contribution in [2.24, 2.45) is 0 Å². The highest BCUT2D eigenvalue weighted by Gasteiger charge is 2.11. The lowest BCUT2D eigenvalue weighted by Crippen LogP contribution is -2.03. The Morgan fingerprint density at radius 3 is 2.89 bits per heavy atom. The van der Waals surface area contributed by atoms with E-state index in [-0.39, 0.29) is 5.82 Å². The highest BCUT2D eigenvalue weighted by Crippen LogP contribution is 2.25. The van der Waals surface area contributed by atoms with Gasteiger partial charge in [0.2, 0.25) is 5.95 Å². The van der Waals surface area contributed by atoms with Crippen LogP contribution < -0.4 is 5.73 Å². The van der Waals surface area contributed by atoms with Gasteiger partial charge >= 0.3 is 0 Å². The molecule has 0 saturated heterocycles. The van der Waals surface area contributed by atoms with E-state index in [0.717, 1.165) is 30.4 Å². The molecular weight excluding hydrogens is 329 g/mol. The van der Waals surface area contributed by atoms with Crippen LogP contribution in [-0.4, -0.2) is 21.6 Å². The molecule has 2 rings (SSSR count). The van der Waals surface area contributed by atoms with E-state index in [9.17, 15) is 4.39 Å². The molecule has 104 valence electrons. The fourth-order valence-electron chi connectivity index (χ4n) is 2.07. The Kier molecular flexibility index (Phi) is 5.10. The van der Waals surface area contributed by atoms with Gasteiger partial charge in [0.25, 0.3) is 0 Å². The summed E-state index contributed by atoms with van der Waals surface area (Å²) in [4.78, 5) is 4.27. The average Bonchev–Trinajstić information content (AvgIpc) is 2.66. The average molecular weight is 346 g/mol. The number of hydrogen-bond acceptors (Lipinski definition) is 3. The number of nitrogens with zero attached hydrogens (tertiary/aromatic N) is 2. The molecule has 0 fully saturated rings. The Bertz CT molecular complexity index is 571. The molecule has 0 atom stereocenters. The second-order valence-corrected chi connectivity index (χ2v) is 6.27. The van der Waals surface area contributed by atoms with Gasteiger partial charge in [0.1, 0.15) is 5.82 Å². The molecule has 0 saturated carbocycles. The molecule has 1 aromatic carbocycles. The van der Waals surface area contributed by atoms with Crippen LogP contribution in [-0.2, 0) is 6.54 Å². The van der Waals surface area contributed by atoms with Crippen molar-refractivity contribution in [3.63, 3.8) is 0 Å². The number of imidazole rings is 1. The van der Waals surface area contributed by atoms with E-state index < -0.39 is 0 Å². The number of hydrogen-bond donors (Lipinski definition) is 1. The molecule has 1 heterocycles. The molecule has 0 radical (unpaired) electrons. The van der Waals surface area contributed by atoms with Crippen LogP contribution in [0, 0.1) is 5.82 Å². The molecule has 0 aliphatic heterocycles. The predicted octanol–water partition coefficient (Wildman–Crippen LogP) is 4.05. The van der Waals surface area contributed by atoms with E-state index in [0.29, 0.717) is 10.4 Å². The Morgan fingerprint density at radius 1 is 1.37 bits per heavy atom. The molecule has 2 aromatic rings. The quantitative estimate of drug-likeness (QED) is 0.803. The van der Waals surface area contributed by atoms with Gasteiger partial charge in [-0.1, -0.05) is 6.42 Å². The molecule has 0 aliphatic rings. The summed E-state index contributed by atoms with van der Waals surface area (Å²) in [6, 6.07) is 3.16. The van der Waals surface area contributed by atoms with Crippen molar-refractivity contribution < 1.29 is 4.39 Å². The van der Waals surface area contributed by atoms with E-state index in [4.69, 9.17) is 5.73 Å². The Labute approximate surface area is 124 Å². The first-order valence-electron chi connectivity index (χ1n) is 6.23. The van der Waals surface area contributed by atoms with Crippen LogP contribution in [0.1, 0.15) is 19.3 Å². The second kappa shape index (κ2) is 6.61. The van der Waals surface area contributed by atoms with Gasteiger partial charge in [0, 0.05) is 12.6 Å². The van der Waals surface area contributed by atoms with Crippen molar-refractivity contribution in [2.75, 3.05) is 17.7 Å². The van der Waals surface area contributed by atoms with Crippen molar-refractivity contribution in [1.82, 2.24) is 9.55 Å². The Morgan fingerprint density at radius 2 is 2.16 bits per heavy atom. The molecule has 3 nitrogen and oxygen atoms in total. The van der Waals surface area contributed by atoms with Crippen LogP contribution in [0.15, 0.2) is 16.6 Å². The summed E-state index contributed by atoms with van der Waals surface area (Å²) in [6.07, 6.45) is 5.50. The molecule has 0 bridgehead atoms. The van der Waals surface area contributed by atoms with Gasteiger partial charge in [0.05, 0.1) is 15.5 Å². The molecule has 0 spiro atoms. The van der Waals surface area contributed by atoms with Crippen molar-refractivity contribution in [3.05, 3.63) is 22.4 Å². The van der Waals surface area contributed by atoms with Crippen LogP contribution in [0.4, 0.5) is 10.3 Å². The minimum Gasteiger partial charge on any atom is -0.369 e. The minimum atomic E-state index is -0.281. The molecule has 0 aliphatic carbocycles. The SMILES string of the molecule is CSCCCCCn1c(N)nc2cc(Br)c(F)cc21. The molecule has 0 amide bonds. The van der Waals surface area contributed by atoms with Gasteiger partial charge in [-0.2, -0.15) is 11.8 Å². The summed E-state index contributed by atoms with van der Waals surface area (Å²) in [6.45, 7) is 0.789. The third kappa shape index (κ3) is 3.42. The van der Waals surface area contributed by atoms with Gasteiger partial charge in [0.15, 0.2) is 0 Å². The lowest BCUT2D eigenvalue weighted by Gasteiger charge is -2.06. The number of halogens is 2. The molecule has 0 unspecified atom stereocenters. The normalized spacial score (nSPS) is 11.3. The number of nitrogens with two attached hydrogens (primary N) is 1. The number of thioether (sulfide) groups is 1. The third-order valence-corrected chi connectivity index (χ3v) is 4.35. The number of benzene rings is 1. The predicted molar refractivity (Wildman–Crippen MR) is 84.0 cm³/mol. The van der Waals surface area contributed by atoms with E-state index in [1.807, 2.05) is 16.3 Å². The molecule has 19 heavy (non-hydrogen) atoms. The summed E-state index contributed by atoms with van der Waals surface area (Å²) in [7, 11) is 0. The van der Waals surface area contributed by atoms with Crippen LogP contribution in [0.5, 0.6) is 0 Å². The topological polar surface area (TPSA) is 43.8 Å². The first-order valence-corrected chi connectivity index (χ1v) is 8.42. The second-order valence-electron chi connectivity index (χ2n) is 4.43. The van der Waals surface area contributed by atoms with Crippen molar-refractivity contribution in [1.29, 1.82) is 0 Å². The van der Waals surface area contributed by atoms with Crippen LogP contribution in [0.3, 0.4) is 0 Å². The standard InChI is InChI=1S/C13H17BrFN3S/c1-19-6-4-2-3-5-18-12-8-10(15)9(14)7-11(12)17-13(18)16/h7-8H,2-6H2,1H3,(H2,16,17). The number of aromatic nitrogens is 2. The van der Waals surface area contributed by atoms with Crippen molar-refractivity contribution in [3.8, 4) is 0 Å². The molecular formula is C13H17BrFN3S. The Hall–Kier alpha value is -0.750. The monoisotopic (exact) mass is 345 g/mol. The van der Waals surface area contributed by atoms with E-state index in [1.165, 1.54) is 18.2 Å². The van der Waals surface area contributed by atoms with Crippen molar-refractivity contribution in [2.45, 2.75) is 25.8 Å². The zero-order chi connectivity index (χ0) is 13.8. The van der Waals surface area contributed by atoms with Gasteiger partial charge < -0.3 is 10.3 Å². The fraction of sp³-hybridized carbons (Fsp3) is 0.462. The highest BCUT2D eigenvalue weighted by molar-refractivity contribution is 9.10. The summed E-state index contributed by atoms with van der Waals surface area (Å²) in [5.41, 5.74) is 7.40. The van der Waals surface area contributed by atoms with Crippen LogP contribution in [0.2, 0.25) is 0 Å². The smallest absolute Gasteiger partial charge is 0.201 e. The van der Waals surface area contributed by atoms with E-state index >= 15 is 0 Å². The summed E-state index contributed by atoms with van der Waals surface area (Å²) in [5.74, 6) is 1.36. The zero-order valence-electron chi connectivity index (χ0n) is 10.8. The van der Waals surface area contributed by atoms with Crippen molar-refractivity contribution >= 4 is 44.7 Å². The maximum absolute atomic E-state index is 13.6. The van der Waals surface area contributed by atoms with Gasteiger partial charge in [-0.25, -0.2) is 9.37 Å². The number of unbranched alkanes of at least 4 members (excludes halogenated alkanes) is 2. The lowest BCUT2D eigenvalue weighted by atomic mass is 10.2. The van der Waals surface area contributed by atoms with E-state index in [2.05, 4.69) is 27.2 Å². The third-order valence-electron chi connectivity index (χ3n) is 3.05.